The van der Waals surface area contributed by atoms with Crippen LogP contribution in [0.1, 0.15) is 32.3 Å². The Kier molecular flexibility index (Phi) is 7.70. The van der Waals surface area contributed by atoms with Crippen LogP contribution in [-0.4, -0.2) is 23.7 Å². The standard InChI is InChI=1S/C22H28N4OS/c1-14(2)9-11-17(21(27)20(23)15-7-5-4-6-8-15)22(24)26-18-12-10-16(25-3)13-19(18)28/h4-8,10,12-14,23,25,27-28H,9,11H2,1-3H3,(H2,24,26)/b21-17-,23-20?. The molecule has 5 N–H and O–H groups in total. The number of anilines is 1. The van der Waals surface area contributed by atoms with E-state index >= 15 is 0 Å². The van der Waals surface area contributed by atoms with Crippen LogP contribution in [0.4, 0.5) is 11.4 Å². The lowest BCUT2D eigenvalue weighted by molar-refractivity contribution is 0.434. The molecule has 6 heteroatoms. The van der Waals surface area contributed by atoms with Crippen molar-refractivity contribution in [1.29, 1.82) is 5.41 Å². The number of aliphatic imine (C=N–C) groups is 1. The Morgan fingerprint density at radius 1 is 1.21 bits per heavy atom. The number of nitrogens with one attached hydrogen (secondary N) is 2. The van der Waals surface area contributed by atoms with Crippen LogP contribution in [0.2, 0.25) is 0 Å². The molecule has 148 valence electrons. The molecule has 0 spiro atoms. The second kappa shape index (κ2) is 9.99. The third-order valence-corrected chi connectivity index (χ3v) is 4.73. The molecule has 0 bridgehead atoms. The maximum absolute atomic E-state index is 10.8. The molecule has 2 rings (SSSR count). The average Bonchev–Trinajstić information content (AvgIpc) is 2.69. The van der Waals surface area contributed by atoms with Gasteiger partial charge in [-0.3, -0.25) is 5.41 Å². The third-order valence-electron chi connectivity index (χ3n) is 4.37. The normalized spacial score (nSPS) is 12.7. The van der Waals surface area contributed by atoms with Gasteiger partial charge in [0, 0.05) is 28.8 Å². The van der Waals surface area contributed by atoms with Crippen molar-refractivity contribution >= 4 is 35.6 Å². The number of hydrogen-bond acceptors (Lipinski definition) is 5. The SMILES string of the molecule is CNc1ccc(N=C(N)/C(CCC(C)C)=C(\O)C(=N)c2ccccc2)c(S)c1. The first kappa shape index (κ1) is 21.6. The molecule has 0 heterocycles. The third kappa shape index (κ3) is 5.63. The minimum Gasteiger partial charge on any atom is -0.505 e. The van der Waals surface area contributed by atoms with Gasteiger partial charge >= 0.3 is 0 Å². The van der Waals surface area contributed by atoms with Crippen molar-refractivity contribution in [2.75, 3.05) is 12.4 Å². The fourth-order valence-corrected chi connectivity index (χ4v) is 2.93. The molecule has 0 aliphatic carbocycles. The van der Waals surface area contributed by atoms with Gasteiger partial charge in [0.05, 0.1) is 5.69 Å². The Labute approximate surface area is 172 Å². The lowest BCUT2D eigenvalue weighted by atomic mass is 9.97. The molecule has 0 saturated carbocycles. The smallest absolute Gasteiger partial charge is 0.147 e. The van der Waals surface area contributed by atoms with Gasteiger partial charge in [-0.1, -0.05) is 44.2 Å². The van der Waals surface area contributed by atoms with Gasteiger partial charge in [-0.2, -0.15) is 0 Å². The number of benzene rings is 2. The Hall–Kier alpha value is -2.73. The molecule has 2 aromatic carbocycles. The number of hydrogen-bond donors (Lipinski definition) is 5. The van der Waals surface area contributed by atoms with E-state index in [2.05, 4.69) is 36.8 Å². The quantitative estimate of drug-likeness (QED) is 0.181. The zero-order valence-corrected chi connectivity index (χ0v) is 17.4. The first-order valence-electron chi connectivity index (χ1n) is 9.25. The van der Waals surface area contributed by atoms with E-state index in [4.69, 9.17) is 11.1 Å². The summed E-state index contributed by atoms with van der Waals surface area (Å²) in [5.74, 6) is 0.490. The summed E-state index contributed by atoms with van der Waals surface area (Å²) in [6, 6.07) is 14.7. The Morgan fingerprint density at radius 3 is 2.46 bits per heavy atom. The lowest BCUT2D eigenvalue weighted by Crippen LogP contribution is -2.20. The molecular weight excluding hydrogens is 368 g/mol. The first-order chi connectivity index (χ1) is 13.3. The van der Waals surface area contributed by atoms with Crippen LogP contribution in [0.15, 0.2) is 69.8 Å². The number of aliphatic hydroxyl groups is 1. The van der Waals surface area contributed by atoms with E-state index in [1.165, 1.54) is 0 Å². The van der Waals surface area contributed by atoms with Crippen molar-refractivity contribution in [3.05, 3.63) is 65.4 Å². The van der Waals surface area contributed by atoms with Gasteiger partial charge < -0.3 is 16.2 Å². The highest BCUT2D eigenvalue weighted by Gasteiger charge is 2.17. The lowest BCUT2D eigenvalue weighted by Gasteiger charge is -2.14. The molecule has 0 amide bonds. The van der Waals surface area contributed by atoms with Crippen molar-refractivity contribution < 1.29 is 5.11 Å². The molecule has 0 saturated heterocycles. The number of rotatable bonds is 8. The predicted octanol–water partition coefficient (Wildman–Crippen LogP) is 5.32. The molecule has 0 aromatic heterocycles. The van der Waals surface area contributed by atoms with Crippen LogP contribution in [0.5, 0.6) is 0 Å². The molecule has 0 atom stereocenters. The van der Waals surface area contributed by atoms with Crippen molar-refractivity contribution in [3.8, 4) is 0 Å². The molecule has 0 unspecified atom stereocenters. The predicted molar refractivity (Wildman–Crippen MR) is 122 cm³/mol. The minimum absolute atomic E-state index is 0.0362. The molecule has 0 radical (unpaired) electrons. The van der Waals surface area contributed by atoms with Crippen molar-refractivity contribution in [1.82, 2.24) is 0 Å². The monoisotopic (exact) mass is 396 g/mol. The summed E-state index contributed by atoms with van der Waals surface area (Å²) < 4.78 is 0. The van der Waals surface area contributed by atoms with Crippen molar-refractivity contribution in [2.24, 2.45) is 16.6 Å². The van der Waals surface area contributed by atoms with Crippen molar-refractivity contribution in [3.63, 3.8) is 0 Å². The number of allylic oxidation sites excluding steroid dienone is 1. The van der Waals surface area contributed by atoms with E-state index < -0.39 is 0 Å². The van der Waals surface area contributed by atoms with Gasteiger partial charge in [0.1, 0.15) is 17.3 Å². The minimum atomic E-state index is -0.138. The summed E-state index contributed by atoms with van der Waals surface area (Å²) in [5, 5.41) is 22.2. The topological polar surface area (TPSA) is 94.5 Å². The summed E-state index contributed by atoms with van der Waals surface area (Å²) in [6.07, 6.45) is 1.36. The highest BCUT2D eigenvalue weighted by molar-refractivity contribution is 7.80. The fourth-order valence-electron chi connectivity index (χ4n) is 2.66. The molecule has 5 nitrogen and oxygen atoms in total. The first-order valence-corrected chi connectivity index (χ1v) is 9.70. The van der Waals surface area contributed by atoms with E-state index in [-0.39, 0.29) is 17.3 Å². The number of nitrogens with two attached hydrogens (primary N) is 1. The number of nitrogens with zero attached hydrogens (tertiary/aromatic N) is 1. The molecule has 28 heavy (non-hydrogen) atoms. The van der Waals surface area contributed by atoms with Gasteiger partial charge in [-0.15, -0.1) is 12.6 Å². The van der Waals surface area contributed by atoms with Gasteiger partial charge in [-0.25, -0.2) is 4.99 Å². The highest BCUT2D eigenvalue weighted by atomic mass is 32.1. The van der Waals surface area contributed by atoms with Gasteiger partial charge in [0.15, 0.2) is 0 Å². The second-order valence-electron chi connectivity index (χ2n) is 6.95. The Balaban J connectivity index is 2.45. The summed E-state index contributed by atoms with van der Waals surface area (Å²) in [7, 11) is 1.83. The number of thiol groups is 1. The van der Waals surface area contributed by atoms with E-state index in [0.29, 0.717) is 34.1 Å². The molecule has 0 fully saturated rings. The summed E-state index contributed by atoms with van der Waals surface area (Å²) in [6.45, 7) is 4.21. The van der Waals surface area contributed by atoms with Crippen LogP contribution in [0, 0.1) is 11.3 Å². The number of amidine groups is 1. The van der Waals surface area contributed by atoms with E-state index in [1.807, 2.05) is 43.4 Å². The maximum Gasteiger partial charge on any atom is 0.147 e. The highest BCUT2D eigenvalue weighted by Crippen LogP contribution is 2.28. The Bertz CT molecular complexity index is 889. The second-order valence-corrected chi connectivity index (χ2v) is 7.43. The van der Waals surface area contributed by atoms with Crippen LogP contribution < -0.4 is 11.1 Å². The van der Waals surface area contributed by atoms with Gasteiger partial charge in [0.2, 0.25) is 0 Å². The average molecular weight is 397 g/mol. The van der Waals surface area contributed by atoms with Gasteiger partial charge in [-0.05, 0) is 37.0 Å². The van der Waals surface area contributed by atoms with Crippen molar-refractivity contribution in [2.45, 2.75) is 31.6 Å². The largest absolute Gasteiger partial charge is 0.505 e. The van der Waals surface area contributed by atoms with Crippen LogP contribution in [0.25, 0.3) is 0 Å². The molecular formula is C22H28N4OS. The molecule has 2 aromatic rings. The maximum atomic E-state index is 10.8. The van der Waals surface area contributed by atoms with Crippen LogP contribution in [-0.2, 0) is 0 Å². The van der Waals surface area contributed by atoms with Crippen LogP contribution in [0.3, 0.4) is 0 Å². The Morgan fingerprint density at radius 2 is 1.89 bits per heavy atom. The summed E-state index contributed by atoms with van der Waals surface area (Å²) >= 11 is 4.48. The zero-order chi connectivity index (χ0) is 20.7. The fraction of sp³-hybridized carbons (Fsp3) is 0.273. The van der Waals surface area contributed by atoms with E-state index in [0.717, 1.165) is 12.1 Å². The number of aliphatic hydroxyl groups excluding tert-OH is 1. The molecule has 0 aliphatic rings. The molecule has 0 aliphatic heterocycles. The van der Waals surface area contributed by atoms with Crippen LogP contribution >= 0.6 is 12.6 Å². The zero-order valence-electron chi connectivity index (χ0n) is 16.5. The van der Waals surface area contributed by atoms with E-state index in [1.54, 1.807) is 12.1 Å². The van der Waals surface area contributed by atoms with Gasteiger partial charge in [0.25, 0.3) is 0 Å². The summed E-state index contributed by atoms with van der Waals surface area (Å²) in [4.78, 5) is 5.16. The summed E-state index contributed by atoms with van der Waals surface area (Å²) in [5.41, 5.74) is 8.96. The van der Waals surface area contributed by atoms with E-state index in [9.17, 15) is 5.11 Å².